The Balaban J connectivity index is 1.84. The molecule has 0 spiro atoms. The Morgan fingerprint density at radius 1 is 0.732 bits per heavy atom. The van der Waals surface area contributed by atoms with Crippen LogP contribution >= 0.6 is 0 Å². The Kier molecular flexibility index (Phi) is 8.64. The lowest BCUT2D eigenvalue weighted by atomic mass is 9.90. The van der Waals surface area contributed by atoms with Gasteiger partial charge < -0.3 is 9.80 Å². The van der Waals surface area contributed by atoms with Crippen molar-refractivity contribution < 1.29 is 25.9 Å². The highest BCUT2D eigenvalue weighted by molar-refractivity contribution is 7.90. The summed E-state index contributed by atoms with van der Waals surface area (Å²) in [4.78, 5) is 7.75. The van der Waals surface area contributed by atoms with Gasteiger partial charge in [0.05, 0.1) is 17.2 Å². The van der Waals surface area contributed by atoms with Gasteiger partial charge in [-0.3, -0.25) is 14.1 Å². The van der Waals surface area contributed by atoms with Gasteiger partial charge in [0.1, 0.15) is 4.91 Å². The molecule has 0 saturated carbocycles. The van der Waals surface area contributed by atoms with Gasteiger partial charge in [-0.2, -0.15) is 16.8 Å². The molecular formula is C30H31N3O6S2. The molecule has 9 nitrogen and oxygen atoms in total. The molecule has 2 N–H and O–H groups in total. The first-order valence-corrected chi connectivity index (χ1v) is 15.4. The molecule has 0 amide bonds. The number of hydrogen-bond donors (Lipinski definition) is 2. The standard InChI is InChI=1S/C30H31N3O6S2/c1-32(2)25-13-8-22(9-14-25)30(23-10-15-26(16-11-23)33(3)4)28-17-12-24(19-29(28)41(37,38)39)31-20-21-6-5-7-27(18-21)40(34,35)36/h5-19H,20H2,1-4H3,(H,34,35,36)(H,37,38,39). The van der Waals surface area contributed by atoms with Gasteiger partial charge in [-0.05, 0) is 70.8 Å². The molecule has 1 aliphatic rings. The lowest BCUT2D eigenvalue weighted by Crippen LogP contribution is -2.12. The number of anilines is 2. The summed E-state index contributed by atoms with van der Waals surface area (Å²) < 4.78 is 67.9. The Morgan fingerprint density at radius 2 is 1.27 bits per heavy atom. The van der Waals surface area contributed by atoms with Crippen molar-refractivity contribution in [2.45, 2.75) is 11.4 Å². The van der Waals surface area contributed by atoms with Gasteiger partial charge in [-0.1, -0.05) is 42.5 Å². The molecule has 214 valence electrons. The van der Waals surface area contributed by atoms with Crippen molar-refractivity contribution in [3.63, 3.8) is 0 Å². The number of aliphatic imine (C=N–C) groups is 1. The van der Waals surface area contributed by atoms with E-state index in [1.807, 2.05) is 86.5 Å². The van der Waals surface area contributed by atoms with Crippen molar-refractivity contribution in [2.75, 3.05) is 38.0 Å². The number of benzene rings is 3. The zero-order chi connectivity index (χ0) is 29.9. The summed E-state index contributed by atoms with van der Waals surface area (Å²) in [6.45, 7) is 0.0161. The van der Waals surface area contributed by atoms with Crippen molar-refractivity contribution in [3.05, 3.63) is 118 Å². The Morgan fingerprint density at radius 3 is 1.73 bits per heavy atom. The highest BCUT2D eigenvalue weighted by Gasteiger charge is 2.25. The fourth-order valence-electron chi connectivity index (χ4n) is 4.35. The second kappa shape index (κ2) is 11.8. The van der Waals surface area contributed by atoms with E-state index in [9.17, 15) is 25.9 Å². The number of hydrogen-bond acceptors (Lipinski definition) is 7. The number of rotatable bonds is 8. The fourth-order valence-corrected chi connectivity index (χ4v) is 5.61. The van der Waals surface area contributed by atoms with Crippen LogP contribution in [0.4, 0.5) is 11.4 Å². The molecule has 0 aromatic heterocycles. The average Bonchev–Trinajstić information content (AvgIpc) is 2.92. The van der Waals surface area contributed by atoms with E-state index in [4.69, 9.17) is 0 Å². The topological polar surface area (TPSA) is 128 Å². The van der Waals surface area contributed by atoms with Crippen molar-refractivity contribution >= 4 is 42.9 Å². The highest BCUT2D eigenvalue weighted by Crippen LogP contribution is 2.36. The molecule has 0 bridgehead atoms. The maximum absolute atomic E-state index is 12.7. The molecule has 3 aromatic carbocycles. The molecule has 0 heterocycles. The smallest absolute Gasteiger partial charge is 0.295 e. The Labute approximate surface area is 241 Å². The number of allylic oxidation sites excluding steroid dienone is 4. The van der Waals surface area contributed by atoms with Crippen LogP contribution in [0.3, 0.4) is 0 Å². The van der Waals surface area contributed by atoms with Crippen LogP contribution in [0.1, 0.15) is 16.7 Å². The van der Waals surface area contributed by atoms with E-state index in [1.54, 1.807) is 18.2 Å². The van der Waals surface area contributed by atoms with E-state index in [2.05, 4.69) is 4.99 Å². The van der Waals surface area contributed by atoms with Gasteiger partial charge in [0, 0.05) is 45.1 Å². The highest BCUT2D eigenvalue weighted by atomic mass is 32.2. The molecule has 41 heavy (non-hydrogen) atoms. The molecule has 4 rings (SSSR count). The maximum Gasteiger partial charge on any atom is 0.295 e. The summed E-state index contributed by atoms with van der Waals surface area (Å²) >= 11 is 0. The average molecular weight is 594 g/mol. The van der Waals surface area contributed by atoms with Crippen molar-refractivity contribution in [1.29, 1.82) is 0 Å². The zero-order valence-electron chi connectivity index (χ0n) is 23.1. The third-order valence-electron chi connectivity index (χ3n) is 6.50. The monoisotopic (exact) mass is 593 g/mol. The summed E-state index contributed by atoms with van der Waals surface area (Å²) in [5.41, 5.74) is 5.12. The Bertz CT molecular complexity index is 1730. The van der Waals surface area contributed by atoms with E-state index in [0.29, 0.717) is 16.7 Å². The normalized spacial score (nSPS) is 14.6. The van der Waals surface area contributed by atoms with Crippen LogP contribution < -0.4 is 9.80 Å². The molecule has 11 heteroatoms. The minimum absolute atomic E-state index is 0.0161. The molecule has 1 aliphatic carbocycles. The molecular weight excluding hydrogens is 562 g/mol. The first kappa shape index (κ1) is 29.9. The van der Waals surface area contributed by atoms with Gasteiger partial charge in [-0.15, -0.1) is 0 Å². The molecule has 0 unspecified atom stereocenters. The van der Waals surface area contributed by atoms with Gasteiger partial charge in [0.15, 0.2) is 0 Å². The molecule has 0 fully saturated rings. The molecule has 0 radical (unpaired) electrons. The van der Waals surface area contributed by atoms with E-state index < -0.39 is 20.2 Å². The second-order valence-corrected chi connectivity index (χ2v) is 12.7. The number of nitrogens with zero attached hydrogens (tertiary/aromatic N) is 3. The quantitative estimate of drug-likeness (QED) is 0.355. The van der Waals surface area contributed by atoms with Crippen LogP contribution in [-0.4, -0.2) is 59.8 Å². The van der Waals surface area contributed by atoms with E-state index in [0.717, 1.165) is 22.5 Å². The minimum Gasteiger partial charge on any atom is -0.378 e. The predicted molar refractivity (Wildman–Crippen MR) is 164 cm³/mol. The minimum atomic E-state index is -4.68. The summed E-state index contributed by atoms with van der Waals surface area (Å²) in [6.07, 6.45) is 4.53. The molecule has 0 atom stereocenters. The van der Waals surface area contributed by atoms with Gasteiger partial charge in [0.2, 0.25) is 0 Å². The first-order chi connectivity index (χ1) is 19.2. The lowest BCUT2D eigenvalue weighted by Gasteiger charge is -2.20. The third-order valence-corrected chi connectivity index (χ3v) is 8.24. The van der Waals surface area contributed by atoms with E-state index in [-0.39, 0.29) is 22.1 Å². The summed E-state index contributed by atoms with van der Waals surface area (Å²) in [5.74, 6) is 0. The predicted octanol–water partition coefficient (Wildman–Crippen LogP) is 4.85. The van der Waals surface area contributed by atoms with Crippen molar-refractivity contribution in [2.24, 2.45) is 4.99 Å². The van der Waals surface area contributed by atoms with Crippen LogP contribution in [0.15, 0.2) is 111 Å². The summed E-state index contributed by atoms with van der Waals surface area (Å²) in [5, 5.41) is 0. The largest absolute Gasteiger partial charge is 0.378 e. The second-order valence-electron chi connectivity index (χ2n) is 9.85. The van der Waals surface area contributed by atoms with Gasteiger partial charge in [0.25, 0.3) is 20.2 Å². The van der Waals surface area contributed by atoms with E-state index >= 15 is 0 Å². The van der Waals surface area contributed by atoms with Gasteiger partial charge >= 0.3 is 0 Å². The molecule has 3 aromatic rings. The molecule has 0 saturated heterocycles. The van der Waals surface area contributed by atoms with Crippen LogP contribution in [0, 0.1) is 0 Å². The van der Waals surface area contributed by atoms with Crippen LogP contribution in [0.25, 0.3) is 5.57 Å². The third kappa shape index (κ3) is 7.19. The SMILES string of the molecule is CN(C)c1ccc(C(=C2C=CC(=NCc3cccc(S(=O)(=O)O)c3)C=C2S(=O)(=O)O)c2ccc(N(C)C)cc2)cc1. The lowest BCUT2D eigenvalue weighted by molar-refractivity contribution is 0.482. The van der Waals surface area contributed by atoms with Crippen molar-refractivity contribution in [3.8, 4) is 0 Å². The maximum atomic E-state index is 12.7. The van der Waals surface area contributed by atoms with Crippen LogP contribution in [0.2, 0.25) is 0 Å². The van der Waals surface area contributed by atoms with Crippen molar-refractivity contribution in [1.82, 2.24) is 0 Å². The van der Waals surface area contributed by atoms with Crippen LogP contribution in [-0.2, 0) is 26.8 Å². The Hall–Kier alpha value is -4.03. The fraction of sp³-hybridized carbons (Fsp3) is 0.167. The summed E-state index contributed by atoms with van der Waals surface area (Å²) in [7, 11) is -1.35. The zero-order valence-corrected chi connectivity index (χ0v) is 24.7. The summed E-state index contributed by atoms with van der Waals surface area (Å²) in [6, 6.07) is 21.0. The molecule has 0 aliphatic heterocycles. The first-order valence-electron chi connectivity index (χ1n) is 12.5. The van der Waals surface area contributed by atoms with Gasteiger partial charge in [-0.25, -0.2) is 0 Å². The van der Waals surface area contributed by atoms with E-state index in [1.165, 1.54) is 24.3 Å². The van der Waals surface area contributed by atoms with Crippen LogP contribution in [0.5, 0.6) is 0 Å².